The highest BCUT2D eigenvalue weighted by atomic mass is 32.1. The van der Waals surface area contributed by atoms with Gasteiger partial charge in [-0.2, -0.15) is 5.10 Å². The van der Waals surface area contributed by atoms with Crippen LogP contribution in [0.25, 0.3) is 22.0 Å². The van der Waals surface area contributed by atoms with Crippen LogP contribution in [0.2, 0.25) is 0 Å². The van der Waals surface area contributed by atoms with Gasteiger partial charge in [-0.15, -0.1) is 11.3 Å². The van der Waals surface area contributed by atoms with Crippen LogP contribution in [-0.4, -0.2) is 18.3 Å². The van der Waals surface area contributed by atoms with Gasteiger partial charge >= 0.3 is 0 Å². The van der Waals surface area contributed by atoms with Crippen LogP contribution in [0.5, 0.6) is 5.75 Å². The fourth-order valence-corrected chi connectivity index (χ4v) is 3.46. The summed E-state index contributed by atoms with van der Waals surface area (Å²) >= 11 is 1.54. The van der Waals surface area contributed by atoms with Crippen molar-refractivity contribution in [3.8, 4) is 17.0 Å². The van der Waals surface area contributed by atoms with Gasteiger partial charge in [-0.05, 0) is 41.5 Å². The molecule has 1 N–H and O–H groups in total. The highest BCUT2D eigenvalue weighted by Gasteiger charge is 2.03. The lowest BCUT2D eigenvalue weighted by molar-refractivity contribution is 0.415. The number of hydrazone groups is 1. The molecule has 0 aliphatic heterocycles. The third-order valence-corrected chi connectivity index (χ3v) is 5.04. The number of hydrogen-bond acceptors (Lipinski definition) is 5. The lowest BCUT2D eigenvalue weighted by Crippen LogP contribution is -1.90. The Balaban J connectivity index is 1.46. The van der Waals surface area contributed by atoms with Crippen molar-refractivity contribution in [1.29, 1.82) is 0 Å². The zero-order valence-corrected chi connectivity index (χ0v) is 16.0. The maximum atomic E-state index is 5.26. The number of nitrogens with zero attached hydrogens (tertiary/aromatic N) is 2. The zero-order valence-electron chi connectivity index (χ0n) is 15.1. The molecule has 0 spiro atoms. The molecule has 0 fully saturated rings. The van der Waals surface area contributed by atoms with E-state index in [-0.39, 0.29) is 0 Å². The van der Waals surface area contributed by atoms with Gasteiger partial charge in [0.25, 0.3) is 0 Å². The third kappa shape index (κ3) is 3.99. The molecule has 4 rings (SSSR count). The molecule has 0 amide bonds. The normalized spacial score (nSPS) is 11.2. The van der Waals surface area contributed by atoms with Crippen LogP contribution < -0.4 is 10.2 Å². The Morgan fingerprint density at radius 1 is 1.00 bits per heavy atom. The Hall–Kier alpha value is -3.18. The molecular weight excluding hydrogens is 354 g/mol. The molecule has 1 aromatic heterocycles. The predicted octanol–water partition coefficient (Wildman–Crippen LogP) is 5.73. The number of nitrogens with one attached hydrogen (secondary N) is 1. The number of thiazole rings is 1. The van der Waals surface area contributed by atoms with Gasteiger partial charge in [-0.1, -0.05) is 48.0 Å². The average molecular weight is 373 g/mol. The smallest absolute Gasteiger partial charge is 0.203 e. The summed E-state index contributed by atoms with van der Waals surface area (Å²) in [4.78, 5) is 4.59. The SMILES string of the molecule is COc1ccc2cc(/C=N/Nc3nc(-c4ccc(C)cc4)cs3)ccc2c1. The Bertz CT molecular complexity index is 1100. The molecular formula is C22H19N3OS. The Kier molecular flexibility index (Phi) is 4.85. The minimum Gasteiger partial charge on any atom is -0.497 e. The van der Waals surface area contributed by atoms with Crippen LogP contribution in [0.3, 0.4) is 0 Å². The fraction of sp³-hybridized carbons (Fsp3) is 0.0909. The van der Waals surface area contributed by atoms with Gasteiger partial charge in [0.2, 0.25) is 5.13 Å². The second-order valence-electron chi connectivity index (χ2n) is 6.25. The summed E-state index contributed by atoms with van der Waals surface area (Å²) in [7, 11) is 1.68. The van der Waals surface area contributed by atoms with E-state index >= 15 is 0 Å². The number of methoxy groups -OCH3 is 1. The van der Waals surface area contributed by atoms with Gasteiger partial charge in [0.1, 0.15) is 5.75 Å². The van der Waals surface area contributed by atoms with Crippen molar-refractivity contribution in [3.05, 3.63) is 77.2 Å². The minimum absolute atomic E-state index is 0.771. The van der Waals surface area contributed by atoms with Crippen molar-refractivity contribution in [2.45, 2.75) is 6.92 Å². The molecule has 0 saturated heterocycles. The van der Waals surface area contributed by atoms with E-state index in [1.54, 1.807) is 24.7 Å². The highest BCUT2D eigenvalue weighted by molar-refractivity contribution is 7.14. The van der Waals surface area contributed by atoms with Crippen molar-refractivity contribution in [2.75, 3.05) is 12.5 Å². The summed E-state index contributed by atoms with van der Waals surface area (Å²) in [6.45, 7) is 2.08. The quantitative estimate of drug-likeness (QED) is 0.359. The molecule has 0 saturated carbocycles. The Labute approximate surface area is 162 Å². The molecule has 4 aromatic rings. The predicted molar refractivity (Wildman–Crippen MR) is 114 cm³/mol. The molecule has 5 heteroatoms. The summed E-state index contributed by atoms with van der Waals surface area (Å²) < 4.78 is 5.26. The maximum Gasteiger partial charge on any atom is 0.203 e. The molecule has 0 atom stereocenters. The first-order chi connectivity index (χ1) is 13.2. The fourth-order valence-electron chi connectivity index (χ4n) is 2.79. The topological polar surface area (TPSA) is 46.5 Å². The van der Waals surface area contributed by atoms with Crippen LogP contribution >= 0.6 is 11.3 Å². The number of ether oxygens (including phenoxy) is 1. The van der Waals surface area contributed by atoms with Gasteiger partial charge in [0, 0.05) is 10.9 Å². The van der Waals surface area contributed by atoms with Crippen molar-refractivity contribution in [1.82, 2.24) is 4.98 Å². The van der Waals surface area contributed by atoms with E-state index in [0.29, 0.717) is 0 Å². The molecule has 4 nitrogen and oxygen atoms in total. The van der Waals surface area contributed by atoms with Crippen LogP contribution in [-0.2, 0) is 0 Å². The number of aromatic nitrogens is 1. The second-order valence-corrected chi connectivity index (χ2v) is 7.10. The molecule has 0 radical (unpaired) electrons. The van der Waals surface area contributed by atoms with Crippen molar-refractivity contribution >= 4 is 33.5 Å². The number of aryl methyl sites for hydroxylation is 1. The first-order valence-electron chi connectivity index (χ1n) is 8.61. The molecule has 3 aromatic carbocycles. The number of rotatable bonds is 5. The lowest BCUT2D eigenvalue weighted by Gasteiger charge is -2.03. The summed E-state index contributed by atoms with van der Waals surface area (Å²) in [6.07, 6.45) is 1.80. The van der Waals surface area contributed by atoms with Crippen LogP contribution in [0.15, 0.2) is 71.1 Å². The number of hydrogen-bond donors (Lipinski definition) is 1. The number of benzene rings is 3. The molecule has 0 aliphatic carbocycles. The summed E-state index contributed by atoms with van der Waals surface area (Å²) in [6, 6.07) is 20.6. The van der Waals surface area contributed by atoms with E-state index < -0.39 is 0 Å². The Morgan fingerprint density at radius 3 is 2.59 bits per heavy atom. The molecule has 1 heterocycles. The van der Waals surface area contributed by atoms with E-state index in [9.17, 15) is 0 Å². The van der Waals surface area contributed by atoms with E-state index in [1.807, 2.05) is 29.6 Å². The van der Waals surface area contributed by atoms with Crippen molar-refractivity contribution in [3.63, 3.8) is 0 Å². The summed E-state index contributed by atoms with van der Waals surface area (Å²) in [5.74, 6) is 0.860. The van der Waals surface area contributed by atoms with Crippen LogP contribution in [0.4, 0.5) is 5.13 Å². The highest BCUT2D eigenvalue weighted by Crippen LogP contribution is 2.25. The maximum absolute atomic E-state index is 5.26. The Morgan fingerprint density at radius 2 is 1.78 bits per heavy atom. The monoisotopic (exact) mass is 373 g/mol. The van der Waals surface area contributed by atoms with Crippen LogP contribution in [0.1, 0.15) is 11.1 Å². The molecule has 27 heavy (non-hydrogen) atoms. The van der Waals surface area contributed by atoms with Gasteiger partial charge in [-0.25, -0.2) is 4.98 Å². The van der Waals surface area contributed by atoms with E-state index in [1.165, 1.54) is 5.56 Å². The van der Waals surface area contributed by atoms with Crippen molar-refractivity contribution in [2.24, 2.45) is 5.10 Å². The molecule has 134 valence electrons. The van der Waals surface area contributed by atoms with Crippen molar-refractivity contribution < 1.29 is 4.74 Å². The second kappa shape index (κ2) is 7.60. The standard InChI is InChI=1S/C22H19N3OS/c1-15-3-6-17(7-4-15)21-14-27-22(24-21)25-23-13-16-5-8-19-12-20(26-2)10-9-18(19)11-16/h3-14H,1-2H3,(H,24,25)/b23-13+. The van der Waals surface area contributed by atoms with Gasteiger partial charge in [-0.3, -0.25) is 5.43 Å². The van der Waals surface area contributed by atoms with E-state index in [2.05, 4.69) is 58.8 Å². The van der Waals surface area contributed by atoms with Gasteiger partial charge < -0.3 is 4.74 Å². The third-order valence-electron chi connectivity index (χ3n) is 4.30. The molecule has 0 unspecified atom stereocenters. The molecule has 0 bridgehead atoms. The number of fused-ring (bicyclic) bond motifs is 1. The lowest BCUT2D eigenvalue weighted by atomic mass is 10.1. The van der Waals surface area contributed by atoms with Crippen LogP contribution in [0, 0.1) is 6.92 Å². The minimum atomic E-state index is 0.771. The van der Waals surface area contributed by atoms with Gasteiger partial charge in [0.05, 0.1) is 19.0 Å². The first kappa shape index (κ1) is 17.2. The van der Waals surface area contributed by atoms with E-state index in [0.717, 1.165) is 38.5 Å². The summed E-state index contributed by atoms with van der Waals surface area (Å²) in [5.41, 5.74) is 7.35. The number of anilines is 1. The average Bonchev–Trinajstić information content (AvgIpc) is 3.17. The largest absolute Gasteiger partial charge is 0.497 e. The molecule has 0 aliphatic rings. The summed E-state index contributed by atoms with van der Waals surface area (Å²) in [5, 5.41) is 9.42. The van der Waals surface area contributed by atoms with Gasteiger partial charge in [0.15, 0.2) is 0 Å². The van der Waals surface area contributed by atoms with E-state index in [4.69, 9.17) is 4.74 Å². The zero-order chi connectivity index (χ0) is 18.6. The first-order valence-corrected chi connectivity index (χ1v) is 9.49.